The first kappa shape index (κ1) is 32.0. The van der Waals surface area contributed by atoms with E-state index in [0.717, 1.165) is 50.2 Å². The van der Waals surface area contributed by atoms with Gasteiger partial charge in [-0.3, -0.25) is 4.79 Å². The van der Waals surface area contributed by atoms with Crippen LogP contribution in [0.5, 0.6) is 17.2 Å². The molecule has 1 saturated carbocycles. The van der Waals surface area contributed by atoms with E-state index in [1.165, 1.54) is 30.7 Å². The Balaban J connectivity index is 1.38. The quantitative estimate of drug-likeness (QED) is 0.307. The number of hydrogen-bond donors (Lipinski definition) is 3. The number of anilines is 1. The van der Waals surface area contributed by atoms with E-state index in [-0.39, 0.29) is 30.2 Å². The summed E-state index contributed by atoms with van der Waals surface area (Å²) in [5.41, 5.74) is 0.0539. The number of carbonyl (C=O) groups excluding carboxylic acids is 2. The van der Waals surface area contributed by atoms with Crippen LogP contribution < -0.4 is 30.2 Å². The number of nitrogens with zero attached hydrogens (tertiary/aromatic N) is 1. The molecule has 0 spiro atoms. The van der Waals surface area contributed by atoms with Gasteiger partial charge in [-0.15, -0.1) is 26.3 Å². The van der Waals surface area contributed by atoms with Crippen LogP contribution in [0, 0.1) is 5.92 Å². The lowest BCUT2D eigenvalue weighted by Gasteiger charge is -2.27. The molecule has 9 nitrogen and oxygen atoms in total. The third kappa shape index (κ3) is 10.7. The molecule has 1 saturated heterocycles. The van der Waals surface area contributed by atoms with Crippen LogP contribution in [0.1, 0.15) is 32.1 Å². The zero-order valence-corrected chi connectivity index (χ0v) is 23.0. The zero-order chi connectivity index (χ0) is 31.0. The molecular weight excluding hydrogens is 586 g/mol. The highest BCUT2D eigenvalue weighted by Gasteiger charge is 2.41. The van der Waals surface area contributed by atoms with Crippen molar-refractivity contribution in [2.75, 3.05) is 31.5 Å². The SMILES string of the molecule is O=C(Nc1cccc(OC(F)(F)F)c1)NC1CC(Oc2ccc(OC(F)(F)F)cc2)C(C(=O)NCCN2CCCCC2)C1. The summed E-state index contributed by atoms with van der Waals surface area (Å²) >= 11 is 0. The normalized spacial score (nSPS) is 21.1. The van der Waals surface area contributed by atoms with E-state index in [1.807, 2.05) is 0 Å². The molecule has 2 aliphatic rings. The van der Waals surface area contributed by atoms with Crippen molar-refractivity contribution in [1.82, 2.24) is 15.5 Å². The van der Waals surface area contributed by atoms with Crippen LogP contribution in [-0.4, -0.2) is 67.9 Å². The molecule has 4 rings (SSSR count). The van der Waals surface area contributed by atoms with Crippen molar-refractivity contribution in [3.05, 3.63) is 48.5 Å². The van der Waals surface area contributed by atoms with Gasteiger partial charge in [0.2, 0.25) is 5.91 Å². The Morgan fingerprint density at radius 2 is 1.49 bits per heavy atom. The highest BCUT2D eigenvalue weighted by Crippen LogP contribution is 2.32. The van der Waals surface area contributed by atoms with Crippen LogP contribution in [0.25, 0.3) is 0 Å². The van der Waals surface area contributed by atoms with Crippen LogP contribution >= 0.6 is 0 Å². The molecular formula is C28H32F6N4O5. The number of alkyl halides is 6. The summed E-state index contributed by atoms with van der Waals surface area (Å²) in [5, 5.41) is 8.08. The minimum absolute atomic E-state index is 0.0539. The van der Waals surface area contributed by atoms with Gasteiger partial charge in [-0.25, -0.2) is 4.79 Å². The predicted molar refractivity (Wildman–Crippen MR) is 143 cm³/mol. The van der Waals surface area contributed by atoms with Crippen molar-refractivity contribution in [2.24, 2.45) is 5.92 Å². The molecule has 1 aliphatic carbocycles. The lowest BCUT2D eigenvalue weighted by Crippen LogP contribution is -2.42. The maximum absolute atomic E-state index is 13.2. The van der Waals surface area contributed by atoms with E-state index >= 15 is 0 Å². The van der Waals surface area contributed by atoms with Crippen LogP contribution in [0.15, 0.2) is 48.5 Å². The van der Waals surface area contributed by atoms with Gasteiger partial charge < -0.3 is 35.1 Å². The summed E-state index contributed by atoms with van der Waals surface area (Å²) in [5.74, 6) is -1.72. The standard InChI is InChI=1S/C28H32F6N4O5/c29-27(30,31)42-21-9-7-20(8-10-21)41-24-17-19(16-23(24)25(39)35-11-14-38-12-2-1-3-13-38)37-26(40)36-18-5-4-6-22(15-18)43-28(32,33)34/h4-10,15,19,23-24H,1-3,11-14,16-17H2,(H,35,39)(H2,36,37,40). The molecule has 1 aliphatic heterocycles. The Bertz CT molecular complexity index is 1220. The van der Waals surface area contributed by atoms with Crippen LogP contribution in [-0.2, 0) is 4.79 Å². The fourth-order valence-electron chi connectivity index (χ4n) is 5.19. The van der Waals surface area contributed by atoms with Crippen molar-refractivity contribution in [3.8, 4) is 17.2 Å². The van der Waals surface area contributed by atoms with Gasteiger partial charge in [-0.1, -0.05) is 12.5 Å². The Kier molecular flexibility index (Phi) is 10.5. The van der Waals surface area contributed by atoms with Crippen molar-refractivity contribution in [1.29, 1.82) is 0 Å². The topological polar surface area (TPSA) is 101 Å². The van der Waals surface area contributed by atoms with Gasteiger partial charge in [0.25, 0.3) is 0 Å². The number of nitrogens with one attached hydrogen (secondary N) is 3. The number of rotatable bonds is 10. The highest BCUT2D eigenvalue weighted by atomic mass is 19.4. The Morgan fingerprint density at radius 3 is 2.16 bits per heavy atom. The van der Waals surface area contributed by atoms with Crippen LogP contribution in [0.2, 0.25) is 0 Å². The average Bonchev–Trinajstić information content (AvgIpc) is 3.30. The van der Waals surface area contributed by atoms with Gasteiger partial charge >= 0.3 is 18.8 Å². The molecule has 3 amide bonds. The van der Waals surface area contributed by atoms with E-state index in [1.54, 1.807) is 0 Å². The number of halogens is 6. The third-order valence-corrected chi connectivity index (χ3v) is 7.02. The molecule has 2 aromatic rings. The molecule has 236 valence electrons. The second kappa shape index (κ2) is 14.1. The Labute approximate surface area is 243 Å². The molecule has 0 radical (unpaired) electrons. The van der Waals surface area contributed by atoms with E-state index in [4.69, 9.17) is 4.74 Å². The lowest BCUT2D eigenvalue weighted by atomic mass is 10.0. The van der Waals surface area contributed by atoms with Crippen molar-refractivity contribution in [3.63, 3.8) is 0 Å². The van der Waals surface area contributed by atoms with Gasteiger partial charge in [-0.2, -0.15) is 0 Å². The van der Waals surface area contributed by atoms with Crippen LogP contribution in [0.3, 0.4) is 0 Å². The highest BCUT2D eigenvalue weighted by molar-refractivity contribution is 5.89. The van der Waals surface area contributed by atoms with Gasteiger partial charge in [0.15, 0.2) is 0 Å². The lowest BCUT2D eigenvalue weighted by molar-refractivity contribution is -0.275. The van der Waals surface area contributed by atoms with E-state index in [9.17, 15) is 35.9 Å². The monoisotopic (exact) mass is 618 g/mol. The molecule has 2 aromatic carbocycles. The fourth-order valence-corrected chi connectivity index (χ4v) is 5.19. The maximum atomic E-state index is 13.2. The molecule has 2 fully saturated rings. The summed E-state index contributed by atoms with van der Waals surface area (Å²) in [4.78, 5) is 28.1. The first-order chi connectivity index (χ1) is 20.3. The summed E-state index contributed by atoms with van der Waals surface area (Å²) in [6.07, 6.45) is -6.69. The van der Waals surface area contributed by atoms with Gasteiger partial charge in [0, 0.05) is 37.3 Å². The molecule has 3 unspecified atom stereocenters. The number of hydrogen-bond acceptors (Lipinski definition) is 6. The number of benzene rings is 2. The first-order valence-corrected chi connectivity index (χ1v) is 13.8. The van der Waals surface area contributed by atoms with Gasteiger partial charge in [0.05, 0.1) is 5.92 Å². The number of piperidine rings is 1. The minimum atomic E-state index is -4.89. The second-order valence-electron chi connectivity index (χ2n) is 10.3. The summed E-state index contributed by atoms with van der Waals surface area (Å²) < 4.78 is 88.9. The Morgan fingerprint density at radius 1 is 0.837 bits per heavy atom. The Hall–Kier alpha value is -3.88. The second-order valence-corrected chi connectivity index (χ2v) is 10.3. The van der Waals surface area contributed by atoms with E-state index in [0.29, 0.717) is 13.1 Å². The summed E-state index contributed by atoms with van der Waals surface area (Å²) in [6, 6.07) is 8.25. The first-order valence-electron chi connectivity index (χ1n) is 13.8. The number of carbonyl (C=O) groups is 2. The van der Waals surface area contributed by atoms with E-state index < -0.39 is 48.3 Å². The summed E-state index contributed by atoms with van der Waals surface area (Å²) in [6.45, 7) is 3.03. The minimum Gasteiger partial charge on any atom is -0.490 e. The number of likely N-dealkylation sites (tertiary alicyclic amines) is 1. The molecule has 1 heterocycles. The average molecular weight is 619 g/mol. The predicted octanol–water partition coefficient (Wildman–Crippen LogP) is 5.43. The molecule has 0 aromatic heterocycles. The molecule has 0 bridgehead atoms. The summed E-state index contributed by atoms with van der Waals surface area (Å²) in [7, 11) is 0. The molecule has 3 N–H and O–H groups in total. The van der Waals surface area contributed by atoms with Crippen molar-refractivity contribution >= 4 is 17.6 Å². The van der Waals surface area contributed by atoms with Gasteiger partial charge in [-0.05, 0) is 68.8 Å². The number of amides is 3. The smallest absolute Gasteiger partial charge is 0.490 e. The van der Waals surface area contributed by atoms with Crippen molar-refractivity contribution < 1.29 is 50.1 Å². The number of urea groups is 1. The van der Waals surface area contributed by atoms with Gasteiger partial charge in [0.1, 0.15) is 23.4 Å². The van der Waals surface area contributed by atoms with E-state index in [2.05, 4.69) is 30.3 Å². The zero-order valence-electron chi connectivity index (χ0n) is 23.0. The molecule has 15 heteroatoms. The number of ether oxygens (including phenoxy) is 3. The van der Waals surface area contributed by atoms with Crippen molar-refractivity contribution in [2.45, 2.75) is 57.0 Å². The largest absolute Gasteiger partial charge is 0.573 e. The third-order valence-electron chi connectivity index (χ3n) is 7.02. The molecule has 43 heavy (non-hydrogen) atoms. The molecule has 3 atom stereocenters. The maximum Gasteiger partial charge on any atom is 0.573 e. The van der Waals surface area contributed by atoms with Crippen LogP contribution in [0.4, 0.5) is 36.8 Å². The fraction of sp³-hybridized carbons (Fsp3) is 0.500.